The SMILES string of the molecule is C=C(CNC)Nc1ncc(-c2ccccc2)n(Cc2cncc(-n3cc(C)c4cc(C)ccc43)c2)c1=O. The van der Waals surface area contributed by atoms with Crippen molar-refractivity contribution in [3.8, 4) is 16.9 Å². The van der Waals surface area contributed by atoms with Crippen LogP contribution in [0.15, 0.2) is 96.5 Å². The Morgan fingerprint density at radius 3 is 2.62 bits per heavy atom. The van der Waals surface area contributed by atoms with E-state index in [1.165, 1.54) is 16.5 Å². The van der Waals surface area contributed by atoms with Crippen LogP contribution in [-0.4, -0.2) is 32.7 Å². The number of likely N-dealkylation sites (N-methyl/N-ethyl adjacent to an activating group) is 1. The van der Waals surface area contributed by atoms with Gasteiger partial charge >= 0.3 is 0 Å². The summed E-state index contributed by atoms with van der Waals surface area (Å²) in [7, 11) is 1.83. The lowest BCUT2D eigenvalue weighted by molar-refractivity contribution is 0.755. The first kappa shape index (κ1) is 24.2. The van der Waals surface area contributed by atoms with Crippen molar-refractivity contribution in [1.82, 2.24) is 24.4 Å². The molecule has 3 aromatic heterocycles. The van der Waals surface area contributed by atoms with Gasteiger partial charge in [0.2, 0.25) is 0 Å². The van der Waals surface area contributed by atoms with Crippen molar-refractivity contribution in [2.45, 2.75) is 20.4 Å². The molecular weight excluding hydrogens is 460 g/mol. The number of anilines is 1. The Balaban J connectivity index is 1.58. The van der Waals surface area contributed by atoms with E-state index in [0.29, 0.717) is 18.8 Å². The molecule has 0 aliphatic carbocycles. The summed E-state index contributed by atoms with van der Waals surface area (Å²) >= 11 is 0. The molecule has 0 bridgehead atoms. The van der Waals surface area contributed by atoms with Gasteiger partial charge in [-0.1, -0.05) is 48.5 Å². The molecule has 0 radical (unpaired) electrons. The number of aromatic nitrogens is 4. The van der Waals surface area contributed by atoms with Crippen molar-refractivity contribution in [2.24, 2.45) is 0 Å². The van der Waals surface area contributed by atoms with Crippen LogP contribution in [-0.2, 0) is 6.54 Å². The Kier molecular flexibility index (Phi) is 6.70. The second-order valence-corrected chi connectivity index (χ2v) is 9.26. The lowest BCUT2D eigenvalue weighted by Gasteiger charge is -2.16. The second kappa shape index (κ2) is 10.2. The van der Waals surface area contributed by atoms with Crippen LogP contribution >= 0.6 is 0 Å². The van der Waals surface area contributed by atoms with E-state index in [-0.39, 0.29) is 11.4 Å². The second-order valence-electron chi connectivity index (χ2n) is 9.26. The average molecular weight is 491 g/mol. The molecule has 0 aliphatic rings. The highest BCUT2D eigenvalue weighted by molar-refractivity contribution is 5.86. The minimum atomic E-state index is -0.221. The quantitative estimate of drug-likeness (QED) is 0.318. The van der Waals surface area contributed by atoms with Gasteiger partial charge in [-0.25, -0.2) is 4.98 Å². The molecule has 0 saturated heterocycles. The van der Waals surface area contributed by atoms with Crippen LogP contribution in [0.4, 0.5) is 5.82 Å². The summed E-state index contributed by atoms with van der Waals surface area (Å²) in [6.07, 6.45) is 7.52. The zero-order chi connectivity index (χ0) is 25.9. The number of aryl methyl sites for hydroxylation is 2. The van der Waals surface area contributed by atoms with E-state index < -0.39 is 0 Å². The van der Waals surface area contributed by atoms with Crippen LogP contribution in [0.1, 0.15) is 16.7 Å². The standard InChI is InChI=1S/C30H30N6O/c1-20-10-11-27-26(12-20)21(2)18-35(27)25-13-23(15-32-16-25)19-36-28(24-8-6-5-7-9-24)17-33-29(30(36)37)34-22(3)14-31-4/h5-13,15-18,31H,3,14,19H2,1-2,4H3,(H,33,34). The highest BCUT2D eigenvalue weighted by Gasteiger charge is 2.14. The number of nitrogens with one attached hydrogen (secondary N) is 2. The maximum absolute atomic E-state index is 13.6. The summed E-state index contributed by atoms with van der Waals surface area (Å²) in [5.74, 6) is 0.242. The normalized spacial score (nSPS) is 11.1. The molecule has 0 atom stereocenters. The molecule has 0 amide bonds. The highest BCUT2D eigenvalue weighted by atomic mass is 16.1. The van der Waals surface area contributed by atoms with Crippen LogP contribution in [0.3, 0.4) is 0 Å². The molecule has 3 heterocycles. The minimum Gasteiger partial charge on any atom is -0.339 e. The first-order chi connectivity index (χ1) is 17.9. The average Bonchev–Trinajstić information content (AvgIpc) is 3.23. The monoisotopic (exact) mass is 490 g/mol. The van der Waals surface area contributed by atoms with Crippen LogP contribution in [0.2, 0.25) is 0 Å². The van der Waals surface area contributed by atoms with E-state index in [1.54, 1.807) is 17.0 Å². The number of nitrogens with zero attached hydrogens (tertiary/aromatic N) is 4. The summed E-state index contributed by atoms with van der Waals surface area (Å²) in [6.45, 7) is 9.07. The highest BCUT2D eigenvalue weighted by Crippen LogP contribution is 2.26. The van der Waals surface area contributed by atoms with Gasteiger partial charge in [0.05, 0.1) is 35.8 Å². The van der Waals surface area contributed by atoms with Crippen molar-refractivity contribution in [3.63, 3.8) is 0 Å². The summed E-state index contributed by atoms with van der Waals surface area (Å²) in [4.78, 5) is 22.6. The third-order valence-electron chi connectivity index (χ3n) is 6.37. The van der Waals surface area contributed by atoms with Crippen LogP contribution in [0.5, 0.6) is 0 Å². The van der Waals surface area contributed by atoms with E-state index in [1.807, 2.05) is 43.6 Å². The Hall–Kier alpha value is -4.49. The lowest BCUT2D eigenvalue weighted by Crippen LogP contribution is -2.28. The van der Waals surface area contributed by atoms with Gasteiger partial charge in [-0.15, -0.1) is 0 Å². The lowest BCUT2D eigenvalue weighted by atomic mass is 10.1. The molecule has 0 aliphatic heterocycles. The molecule has 0 spiro atoms. The molecule has 7 heteroatoms. The minimum absolute atomic E-state index is 0.221. The maximum Gasteiger partial charge on any atom is 0.294 e. The molecular formula is C30H30N6O. The van der Waals surface area contributed by atoms with Gasteiger partial charge in [0, 0.05) is 30.0 Å². The molecule has 5 rings (SSSR count). The smallest absolute Gasteiger partial charge is 0.294 e. The molecule has 37 heavy (non-hydrogen) atoms. The summed E-state index contributed by atoms with van der Waals surface area (Å²) in [6, 6.07) is 18.4. The van der Waals surface area contributed by atoms with E-state index in [2.05, 4.69) is 76.1 Å². The summed E-state index contributed by atoms with van der Waals surface area (Å²) in [5.41, 5.74) is 7.52. The van der Waals surface area contributed by atoms with E-state index >= 15 is 0 Å². The third-order valence-corrected chi connectivity index (χ3v) is 6.37. The fourth-order valence-corrected chi connectivity index (χ4v) is 4.59. The van der Waals surface area contributed by atoms with Crippen LogP contribution in [0, 0.1) is 13.8 Å². The van der Waals surface area contributed by atoms with Crippen molar-refractivity contribution in [1.29, 1.82) is 0 Å². The van der Waals surface area contributed by atoms with E-state index in [4.69, 9.17) is 0 Å². The predicted molar refractivity (Wildman–Crippen MR) is 150 cm³/mol. The topological polar surface area (TPSA) is 76.8 Å². The molecule has 2 aromatic carbocycles. The number of pyridine rings is 1. The molecule has 5 aromatic rings. The van der Waals surface area contributed by atoms with Crippen molar-refractivity contribution in [3.05, 3.63) is 119 Å². The zero-order valence-electron chi connectivity index (χ0n) is 21.3. The van der Waals surface area contributed by atoms with Crippen LogP contribution in [0.25, 0.3) is 27.8 Å². The van der Waals surface area contributed by atoms with E-state index in [0.717, 1.165) is 28.0 Å². The Labute approximate surface area is 216 Å². The Morgan fingerprint density at radius 1 is 1.03 bits per heavy atom. The molecule has 186 valence electrons. The van der Waals surface area contributed by atoms with E-state index in [9.17, 15) is 4.79 Å². The van der Waals surface area contributed by atoms with Gasteiger partial charge in [-0.05, 0) is 55.8 Å². The number of hydrogen-bond acceptors (Lipinski definition) is 5. The first-order valence-corrected chi connectivity index (χ1v) is 12.2. The zero-order valence-corrected chi connectivity index (χ0v) is 21.3. The van der Waals surface area contributed by atoms with Gasteiger partial charge in [-0.3, -0.25) is 14.3 Å². The van der Waals surface area contributed by atoms with Gasteiger partial charge in [0.25, 0.3) is 5.56 Å². The van der Waals surface area contributed by atoms with Crippen LogP contribution < -0.4 is 16.2 Å². The molecule has 2 N–H and O–H groups in total. The Bertz CT molecular complexity index is 1650. The summed E-state index contributed by atoms with van der Waals surface area (Å²) < 4.78 is 3.89. The predicted octanol–water partition coefficient (Wildman–Crippen LogP) is 5.06. The van der Waals surface area contributed by atoms with Gasteiger partial charge in [0.15, 0.2) is 5.82 Å². The fourth-order valence-electron chi connectivity index (χ4n) is 4.59. The third kappa shape index (κ3) is 4.94. The number of fused-ring (bicyclic) bond motifs is 1. The molecule has 0 saturated carbocycles. The summed E-state index contributed by atoms with van der Waals surface area (Å²) in [5, 5.41) is 7.31. The largest absolute Gasteiger partial charge is 0.339 e. The van der Waals surface area contributed by atoms with Crippen molar-refractivity contribution in [2.75, 3.05) is 18.9 Å². The molecule has 0 fully saturated rings. The number of rotatable bonds is 8. The Morgan fingerprint density at radius 2 is 1.84 bits per heavy atom. The molecule has 7 nitrogen and oxygen atoms in total. The van der Waals surface area contributed by atoms with Crippen molar-refractivity contribution < 1.29 is 0 Å². The maximum atomic E-state index is 13.6. The van der Waals surface area contributed by atoms with Gasteiger partial charge in [-0.2, -0.15) is 0 Å². The fraction of sp³-hybridized carbons (Fsp3) is 0.167. The van der Waals surface area contributed by atoms with Gasteiger partial charge < -0.3 is 15.2 Å². The van der Waals surface area contributed by atoms with Crippen molar-refractivity contribution >= 4 is 16.7 Å². The van der Waals surface area contributed by atoms with Gasteiger partial charge in [0.1, 0.15) is 0 Å². The number of benzene rings is 2. The first-order valence-electron chi connectivity index (χ1n) is 12.2. The number of hydrogen-bond donors (Lipinski definition) is 2. The molecule has 0 unspecified atom stereocenters.